The number of carbonyl (C=O) groups excluding carboxylic acids is 1. The number of methoxy groups -OCH3 is 1. The number of ether oxygens (including phenoxy) is 1. The molecule has 0 saturated heterocycles. The average Bonchev–Trinajstić information content (AvgIpc) is 2.40. The van der Waals surface area contributed by atoms with Crippen LogP contribution in [0.15, 0.2) is 35.3 Å². The maximum atomic E-state index is 10.9. The van der Waals surface area contributed by atoms with Crippen LogP contribution in [0.4, 0.5) is 5.69 Å². The van der Waals surface area contributed by atoms with Crippen molar-refractivity contribution in [2.45, 2.75) is 6.42 Å². The summed E-state index contributed by atoms with van der Waals surface area (Å²) in [5, 5.41) is 13.9. The molecule has 0 heterocycles. The van der Waals surface area contributed by atoms with Gasteiger partial charge in [0.2, 0.25) is 5.96 Å². The molecule has 6 nitrogen and oxygen atoms in total. The summed E-state index contributed by atoms with van der Waals surface area (Å²) in [7, 11) is 1.32. The molecule has 0 spiro atoms. The Balaban J connectivity index is 2.57. The molecule has 0 atom stereocenters. The number of hydrogen-bond acceptors (Lipinski definition) is 4. The molecule has 0 unspecified atom stereocenters. The number of rotatable bonds is 4. The summed E-state index contributed by atoms with van der Waals surface area (Å²) in [5.74, 6) is -0.0395. The molecule has 0 bridgehead atoms. The maximum absolute atomic E-state index is 10.9. The van der Waals surface area contributed by atoms with Crippen LogP contribution in [0.25, 0.3) is 0 Å². The number of nitriles is 1. The van der Waals surface area contributed by atoms with Crippen LogP contribution in [-0.2, 0) is 9.53 Å². The number of carbonyl (C=O) groups is 1. The lowest BCUT2D eigenvalue weighted by Gasteiger charge is -2.07. The predicted molar refractivity (Wildman–Crippen MR) is 67.7 cm³/mol. The molecule has 0 aliphatic carbocycles. The molecular weight excluding hydrogens is 232 g/mol. The molecule has 1 rings (SSSR count). The maximum Gasteiger partial charge on any atom is 0.307 e. The van der Waals surface area contributed by atoms with Gasteiger partial charge < -0.3 is 10.1 Å². The summed E-state index contributed by atoms with van der Waals surface area (Å²) in [6, 6.07) is 9.29. The summed E-state index contributed by atoms with van der Waals surface area (Å²) in [6.07, 6.45) is 1.95. The molecule has 1 aromatic rings. The van der Waals surface area contributed by atoms with Crippen LogP contribution in [0.2, 0.25) is 0 Å². The van der Waals surface area contributed by atoms with Crippen molar-refractivity contribution in [3.05, 3.63) is 30.3 Å². The first kappa shape index (κ1) is 13.5. The van der Waals surface area contributed by atoms with E-state index >= 15 is 0 Å². The van der Waals surface area contributed by atoms with Gasteiger partial charge in [0.25, 0.3) is 0 Å². The van der Waals surface area contributed by atoms with Crippen LogP contribution in [0.1, 0.15) is 6.42 Å². The van der Waals surface area contributed by atoms with E-state index in [4.69, 9.17) is 5.26 Å². The molecule has 94 valence electrons. The third-order valence-corrected chi connectivity index (χ3v) is 2.02. The molecule has 0 fully saturated rings. The number of para-hydroxylation sites is 1. The molecule has 6 heteroatoms. The lowest BCUT2D eigenvalue weighted by Crippen LogP contribution is -2.27. The number of anilines is 1. The Morgan fingerprint density at radius 3 is 2.78 bits per heavy atom. The van der Waals surface area contributed by atoms with Crippen LogP contribution in [0.5, 0.6) is 0 Å². The van der Waals surface area contributed by atoms with Gasteiger partial charge in [-0.05, 0) is 12.1 Å². The van der Waals surface area contributed by atoms with Crippen molar-refractivity contribution < 1.29 is 9.53 Å². The lowest BCUT2D eigenvalue weighted by atomic mass is 10.3. The highest BCUT2D eigenvalue weighted by atomic mass is 16.5. The largest absolute Gasteiger partial charge is 0.469 e. The fourth-order valence-electron chi connectivity index (χ4n) is 1.18. The van der Waals surface area contributed by atoms with Crippen molar-refractivity contribution >= 4 is 17.6 Å². The number of nitrogens with zero attached hydrogens (tertiary/aromatic N) is 2. The van der Waals surface area contributed by atoms with Gasteiger partial charge in [0.05, 0.1) is 20.1 Å². The molecule has 0 aliphatic heterocycles. The van der Waals surface area contributed by atoms with Crippen LogP contribution >= 0.6 is 0 Å². The molecule has 1 aromatic carbocycles. The summed E-state index contributed by atoms with van der Waals surface area (Å²) in [6.45, 7) is 0.247. The summed E-state index contributed by atoms with van der Waals surface area (Å²) >= 11 is 0. The van der Waals surface area contributed by atoms with E-state index in [1.807, 2.05) is 30.3 Å². The molecule has 0 aromatic heterocycles. The van der Waals surface area contributed by atoms with E-state index in [-0.39, 0.29) is 18.9 Å². The number of aliphatic imine (C=N–C) groups is 1. The second-order valence-electron chi connectivity index (χ2n) is 3.28. The highest BCUT2D eigenvalue weighted by molar-refractivity contribution is 5.94. The number of benzene rings is 1. The minimum atomic E-state index is -0.338. The van der Waals surface area contributed by atoms with E-state index in [2.05, 4.69) is 20.4 Å². The van der Waals surface area contributed by atoms with Gasteiger partial charge in [0.15, 0.2) is 6.19 Å². The fourth-order valence-corrected chi connectivity index (χ4v) is 1.18. The minimum Gasteiger partial charge on any atom is -0.469 e. The van der Waals surface area contributed by atoms with Gasteiger partial charge in [-0.2, -0.15) is 5.26 Å². The normalized spacial score (nSPS) is 10.3. The van der Waals surface area contributed by atoms with E-state index in [1.165, 1.54) is 7.11 Å². The van der Waals surface area contributed by atoms with E-state index in [9.17, 15) is 4.79 Å². The Bertz CT molecular complexity index is 451. The molecule has 2 N–H and O–H groups in total. The zero-order valence-corrected chi connectivity index (χ0v) is 10.0. The van der Waals surface area contributed by atoms with Crippen LogP contribution in [0, 0.1) is 11.5 Å². The van der Waals surface area contributed by atoms with Crippen LogP contribution in [-0.4, -0.2) is 25.6 Å². The summed E-state index contributed by atoms with van der Waals surface area (Å²) < 4.78 is 4.50. The summed E-state index contributed by atoms with van der Waals surface area (Å²) in [5.41, 5.74) is 0.803. The van der Waals surface area contributed by atoms with Crippen LogP contribution in [0.3, 0.4) is 0 Å². The Hall–Kier alpha value is -2.55. The predicted octanol–water partition coefficient (Wildman–Crippen LogP) is 1.09. The SMILES string of the molecule is COC(=O)CCN=C(NC#N)Nc1ccccc1. The molecule has 0 radical (unpaired) electrons. The summed E-state index contributed by atoms with van der Waals surface area (Å²) in [4.78, 5) is 15.0. The van der Waals surface area contributed by atoms with Gasteiger partial charge in [-0.1, -0.05) is 18.2 Å². The minimum absolute atomic E-state index is 0.170. The van der Waals surface area contributed by atoms with E-state index in [1.54, 1.807) is 6.19 Å². The zero-order valence-electron chi connectivity index (χ0n) is 10.0. The second-order valence-corrected chi connectivity index (χ2v) is 3.28. The number of nitrogens with one attached hydrogen (secondary N) is 2. The Labute approximate surface area is 105 Å². The molecule has 0 saturated carbocycles. The standard InChI is InChI=1S/C12H14N4O2/c1-18-11(17)7-8-14-12(15-9-13)16-10-5-3-2-4-6-10/h2-6H,7-8H2,1H3,(H2,14,15,16). The van der Waals surface area contributed by atoms with Gasteiger partial charge in [-0.25, -0.2) is 0 Å². The monoisotopic (exact) mass is 246 g/mol. The van der Waals surface area contributed by atoms with Gasteiger partial charge in [0.1, 0.15) is 0 Å². The van der Waals surface area contributed by atoms with E-state index in [0.717, 1.165) is 5.69 Å². The lowest BCUT2D eigenvalue weighted by molar-refractivity contribution is -0.140. The van der Waals surface area contributed by atoms with Crippen molar-refractivity contribution in [1.29, 1.82) is 5.26 Å². The van der Waals surface area contributed by atoms with Crippen molar-refractivity contribution in [3.63, 3.8) is 0 Å². The highest BCUT2D eigenvalue weighted by Crippen LogP contribution is 2.04. The Morgan fingerprint density at radius 2 is 2.17 bits per heavy atom. The van der Waals surface area contributed by atoms with Crippen molar-refractivity contribution in [2.75, 3.05) is 19.0 Å². The third kappa shape index (κ3) is 4.99. The second kappa shape index (κ2) is 7.68. The molecule has 0 amide bonds. The third-order valence-electron chi connectivity index (χ3n) is 2.02. The van der Waals surface area contributed by atoms with Crippen molar-refractivity contribution in [1.82, 2.24) is 5.32 Å². The highest BCUT2D eigenvalue weighted by Gasteiger charge is 2.01. The van der Waals surface area contributed by atoms with Gasteiger partial charge in [0, 0.05) is 5.69 Å². The van der Waals surface area contributed by atoms with E-state index in [0.29, 0.717) is 5.96 Å². The number of hydrogen-bond donors (Lipinski definition) is 2. The number of guanidine groups is 1. The Kier molecular flexibility index (Phi) is 5.77. The molecule has 0 aliphatic rings. The molecule has 18 heavy (non-hydrogen) atoms. The molecular formula is C12H14N4O2. The fraction of sp³-hybridized carbons (Fsp3) is 0.250. The van der Waals surface area contributed by atoms with Gasteiger partial charge in [-0.15, -0.1) is 0 Å². The van der Waals surface area contributed by atoms with Crippen molar-refractivity contribution in [3.8, 4) is 6.19 Å². The average molecular weight is 246 g/mol. The quantitative estimate of drug-likeness (QED) is 0.273. The Morgan fingerprint density at radius 1 is 1.44 bits per heavy atom. The smallest absolute Gasteiger partial charge is 0.307 e. The van der Waals surface area contributed by atoms with Crippen LogP contribution < -0.4 is 10.6 Å². The first-order valence-electron chi connectivity index (χ1n) is 5.34. The topological polar surface area (TPSA) is 86.5 Å². The van der Waals surface area contributed by atoms with E-state index < -0.39 is 0 Å². The van der Waals surface area contributed by atoms with Gasteiger partial charge in [-0.3, -0.25) is 15.1 Å². The number of esters is 1. The first-order chi connectivity index (χ1) is 8.76. The van der Waals surface area contributed by atoms with Gasteiger partial charge >= 0.3 is 5.97 Å². The zero-order chi connectivity index (χ0) is 13.2. The first-order valence-corrected chi connectivity index (χ1v) is 5.34. The van der Waals surface area contributed by atoms with Crippen molar-refractivity contribution in [2.24, 2.45) is 4.99 Å².